The van der Waals surface area contributed by atoms with Crippen molar-refractivity contribution in [1.82, 2.24) is 5.32 Å². The lowest BCUT2D eigenvalue weighted by Gasteiger charge is -2.38. The van der Waals surface area contributed by atoms with Crippen molar-refractivity contribution in [2.45, 2.75) is 51.9 Å². The number of nitrogens with one attached hydrogen (secondary N) is 1. The molecular weight excluding hydrogens is 336 g/mol. The van der Waals surface area contributed by atoms with Crippen LogP contribution in [-0.4, -0.2) is 13.1 Å². The highest BCUT2D eigenvalue weighted by atomic mass is 79.9. The Morgan fingerprint density at radius 3 is 2.57 bits per heavy atom. The van der Waals surface area contributed by atoms with Crippen LogP contribution in [0.1, 0.15) is 51.0 Å². The first-order valence-electron chi connectivity index (χ1n) is 7.91. The predicted molar refractivity (Wildman–Crippen MR) is 86.4 cm³/mol. The van der Waals surface area contributed by atoms with Gasteiger partial charge in [-0.1, -0.05) is 26.2 Å². The molecule has 21 heavy (non-hydrogen) atoms. The summed E-state index contributed by atoms with van der Waals surface area (Å²) in [7, 11) is 0. The molecular formula is C17H24BrF2N. The Hall–Kier alpha value is -0.480. The van der Waals surface area contributed by atoms with Crippen LogP contribution in [0.4, 0.5) is 8.78 Å². The highest BCUT2D eigenvalue weighted by molar-refractivity contribution is 9.10. The van der Waals surface area contributed by atoms with Gasteiger partial charge in [-0.2, -0.15) is 0 Å². The van der Waals surface area contributed by atoms with Crippen molar-refractivity contribution >= 4 is 15.9 Å². The lowest BCUT2D eigenvalue weighted by Crippen LogP contribution is -2.38. The maximum atomic E-state index is 14.3. The van der Waals surface area contributed by atoms with E-state index in [2.05, 4.69) is 28.2 Å². The Morgan fingerprint density at radius 1 is 1.19 bits per heavy atom. The minimum atomic E-state index is -0.435. The van der Waals surface area contributed by atoms with Crippen molar-refractivity contribution < 1.29 is 8.78 Å². The summed E-state index contributed by atoms with van der Waals surface area (Å²) in [4.78, 5) is 0. The van der Waals surface area contributed by atoms with Crippen molar-refractivity contribution in [3.05, 3.63) is 33.8 Å². The number of benzene rings is 1. The molecule has 2 rings (SSSR count). The van der Waals surface area contributed by atoms with Crippen LogP contribution in [0.25, 0.3) is 0 Å². The molecule has 1 aliphatic carbocycles. The molecule has 0 saturated heterocycles. The zero-order valence-electron chi connectivity index (χ0n) is 12.7. The first-order chi connectivity index (χ1) is 10.1. The topological polar surface area (TPSA) is 12.0 Å². The Balaban J connectivity index is 2.20. The van der Waals surface area contributed by atoms with Crippen LogP contribution in [0.15, 0.2) is 16.6 Å². The van der Waals surface area contributed by atoms with Gasteiger partial charge in [0.2, 0.25) is 0 Å². The van der Waals surface area contributed by atoms with E-state index in [9.17, 15) is 8.78 Å². The van der Waals surface area contributed by atoms with Gasteiger partial charge in [-0.05, 0) is 65.7 Å². The van der Waals surface area contributed by atoms with Gasteiger partial charge in [-0.25, -0.2) is 8.78 Å². The third-order valence-electron chi connectivity index (χ3n) is 4.53. The number of hydrogen-bond acceptors (Lipinski definition) is 1. The zero-order valence-corrected chi connectivity index (χ0v) is 14.2. The first-order valence-corrected chi connectivity index (χ1v) is 8.70. The Morgan fingerprint density at radius 2 is 1.90 bits per heavy atom. The van der Waals surface area contributed by atoms with Crippen LogP contribution in [0.2, 0.25) is 0 Å². The smallest absolute Gasteiger partial charge is 0.143 e. The van der Waals surface area contributed by atoms with E-state index in [1.54, 1.807) is 0 Å². The van der Waals surface area contributed by atoms with Gasteiger partial charge in [0.25, 0.3) is 0 Å². The lowest BCUT2D eigenvalue weighted by atomic mass is 9.70. The van der Waals surface area contributed by atoms with Gasteiger partial charge in [0, 0.05) is 12.1 Å². The third-order valence-corrected chi connectivity index (χ3v) is 5.14. The highest BCUT2D eigenvalue weighted by Gasteiger charge is 2.34. The van der Waals surface area contributed by atoms with E-state index in [4.69, 9.17) is 0 Å². The molecule has 1 nitrogen and oxygen atoms in total. The molecule has 4 heteroatoms. The largest absolute Gasteiger partial charge is 0.316 e. The summed E-state index contributed by atoms with van der Waals surface area (Å²) in [6.07, 6.45) is 7.22. The number of hydrogen-bond donors (Lipinski definition) is 1. The van der Waals surface area contributed by atoms with Crippen LogP contribution in [0.3, 0.4) is 0 Å². The molecule has 0 atom stereocenters. The van der Waals surface area contributed by atoms with Gasteiger partial charge < -0.3 is 5.32 Å². The van der Waals surface area contributed by atoms with Crippen LogP contribution in [-0.2, 0) is 6.42 Å². The van der Waals surface area contributed by atoms with E-state index in [1.165, 1.54) is 18.6 Å². The molecule has 1 fully saturated rings. The van der Waals surface area contributed by atoms with Gasteiger partial charge in [-0.15, -0.1) is 0 Å². The molecule has 0 unspecified atom stereocenters. The van der Waals surface area contributed by atoms with Crippen LogP contribution < -0.4 is 5.32 Å². The molecule has 1 saturated carbocycles. The number of rotatable bonds is 6. The SMILES string of the molecule is CCCNCC1(Cc2c(F)ccc(Br)c2F)CCCCC1. The average molecular weight is 360 g/mol. The summed E-state index contributed by atoms with van der Waals surface area (Å²) in [5.41, 5.74) is 0.236. The van der Waals surface area contributed by atoms with Crippen molar-refractivity contribution in [2.24, 2.45) is 5.41 Å². The molecule has 0 heterocycles. The van der Waals surface area contributed by atoms with Crippen molar-refractivity contribution in [1.29, 1.82) is 0 Å². The van der Waals surface area contributed by atoms with Gasteiger partial charge in [0.05, 0.1) is 4.47 Å². The normalized spacial score (nSPS) is 17.9. The van der Waals surface area contributed by atoms with Gasteiger partial charge in [-0.3, -0.25) is 0 Å². The van der Waals surface area contributed by atoms with Crippen LogP contribution >= 0.6 is 15.9 Å². The van der Waals surface area contributed by atoms with E-state index in [1.807, 2.05) is 0 Å². The summed E-state index contributed by atoms with van der Waals surface area (Å²) in [5.74, 6) is -0.855. The third kappa shape index (κ3) is 4.26. The van der Waals surface area contributed by atoms with Crippen molar-refractivity contribution in [2.75, 3.05) is 13.1 Å². The fraction of sp³-hybridized carbons (Fsp3) is 0.647. The monoisotopic (exact) mass is 359 g/mol. The molecule has 0 spiro atoms. The molecule has 0 radical (unpaired) electrons. The maximum Gasteiger partial charge on any atom is 0.143 e. The second kappa shape index (κ2) is 7.68. The number of halogens is 3. The van der Waals surface area contributed by atoms with E-state index in [-0.39, 0.29) is 11.0 Å². The van der Waals surface area contributed by atoms with E-state index < -0.39 is 11.6 Å². The predicted octanol–water partition coefficient (Wildman–Crippen LogP) is 5.22. The highest BCUT2D eigenvalue weighted by Crippen LogP contribution is 2.40. The summed E-state index contributed by atoms with van der Waals surface area (Å²) in [6, 6.07) is 2.80. The summed E-state index contributed by atoms with van der Waals surface area (Å²) < 4.78 is 28.7. The fourth-order valence-corrected chi connectivity index (χ4v) is 3.73. The van der Waals surface area contributed by atoms with Crippen LogP contribution in [0.5, 0.6) is 0 Å². The fourth-order valence-electron chi connectivity index (χ4n) is 3.35. The van der Waals surface area contributed by atoms with E-state index in [0.717, 1.165) is 45.2 Å². The second-order valence-electron chi connectivity index (χ2n) is 6.24. The first kappa shape index (κ1) is 16.9. The standard InChI is InChI=1S/C17H24BrF2N/c1-2-10-21-12-17(8-4-3-5-9-17)11-13-15(19)7-6-14(18)16(13)20/h6-7,21H,2-5,8-12H2,1H3. The molecule has 1 aromatic carbocycles. The maximum absolute atomic E-state index is 14.3. The molecule has 0 amide bonds. The quantitative estimate of drug-likeness (QED) is 0.542. The Bertz CT molecular complexity index is 470. The van der Waals surface area contributed by atoms with E-state index in [0.29, 0.717) is 10.9 Å². The zero-order chi connectivity index (χ0) is 15.3. The minimum absolute atomic E-state index is 0.00407. The van der Waals surface area contributed by atoms with Gasteiger partial charge >= 0.3 is 0 Å². The summed E-state index contributed by atoms with van der Waals surface area (Å²) in [5, 5.41) is 3.46. The molecule has 118 valence electrons. The van der Waals surface area contributed by atoms with Crippen molar-refractivity contribution in [3.63, 3.8) is 0 Å². The summed E-state index contributed by atoms with van der Waals surface area (Å²) in [6.45, 7) is 3.95. The van der Waals surface area contributed by atoms with Gasteiger partial charge in [0.15, 0.2) is 0 Å². The van der Waals surface area contributed by atoms with E-state index >= 15 is 0 Å². The second-order valence-corrected chi connectivity index (χ2v) is 7.09. The van der Waals surface area contributed by atoms with Gasteiger partial charge in [0.1, 0.15) is 11.6 Å². The molecule has 1 N–H and O–H groups in total. The van der Waals surface area contributed by atoms with Crippen molar-refractivity contribution in [3.8, 4) is 0 Å². The van der Waals surface area contributed by atoms with Crippen LogP contribution in [0, 0.1) is 17.0 Å². The molecule has 1 aliphatic rings. The lowest BCUT2D eigenvalue weighted by molar-refractivity contribution is 0.177. The Kier molecular flexibility index (Phi) is 6.18. The molecule has 0 bridgehead atoms. The molecule has 1 aromatic rings. The minimum Gasteiger partial charge on any atom is -0.316 e. The molecule has 0 aliphatic heterocycles. The Labute approximate surface area is 134 Å². The summed E-state index contributed by atoms with van der Waals surface area (Å²) >= 11 is 3.17. The average Bonchev–Trinajstić information content (AvgIpc) is 2.49. The molecule has 0 aromatic heterocycles.